The van der Waals surface area contributed by atoms with Gasteiger partial charge in [0.2, 0.25) is 0 Å². The summed E-state index contributed by atoms with van der Waals surface area (Å²) in [6.07, 6.45) is 1.90. The maximum Gasteiger partial charge on any atom is 0.341 e. The SMILES string of the molecule is N/N=C/c1ccc(CC(N)C(=O)ON)cc1. The van der Waals surface area contributed by atoms with E-state index in [1.165, 1.54) is 6.21 Å². The van der Waals surface area contributed by atoms with Gasteiger partial charge in [0.05, 0.1) is 6.21 Å². The lowest BCUT2D eigenvalue weighted by atomic mass is 10.1. The molecule has 0 bridgehead atoms. The van der Waals surface area contributed by atoms with Crippen LogP contribution in [-0.4, -0.2) is 18.2 Å². The first-order valence-corrected chi connectivity index (χ1v) is 4.65. The summed E-state index contributed by atoms with van der Waals surface area (Å²) in [5.74, 6) is 9.11. The van der Waals surface area contributed by atoms with Crippen molar-refractivity contribution in [3.8, 4) is 0 Å². The van der Waals surface area contributed by atoms with Gasteiger partial charge in [-0.05, 0) is 17.5 Å². The van der Waals surface area contributed by atoms with Crippen molar-refractivity contribution in [3.63, 3.8) is 0 Å². The fourth-order valence-electron chi connectivity index (χ4n) is 1.25. The van der Waals surface area contributed by atoms with Gasteiger partial charge in [-0.2, -0.15) is 11.0 Å². The van der Waals surface area contributed by atoms with Crippen LogP contribution in [0.4, 0.5) is 0 Å². The van der Waals surface area contributed by atoms with Crippen LogP contribution in [0.2, 0.25) is 0 Å². The zero-order valence-electron chi connectivity index (χ0n) is 8.67. The van der Waals surface area contributed by atoms with E-state index in [9.17, 15) is 4.79 Å². The summed E-state index contributed by atoms with van der Waals surface area (Å²) in [7, 11) is 0. The summed E-state index contributed by atoms with van der Waals surface area (Å²) < 4.78 is 0. The van der Waals surface area contributed by atoms with Gasteiger partial charge in [-0.25, -0.2) is 4.79 Å². The normalized spacial score (nSPS) is 12.6. The number of carbonyl (C=O) groups is 1. The van der Waals surface area contributed by atoms with Crippen molar-refractivity contribution in [1.29, 1.82) is 0 Å². The van der Waals surface area contributed by atoms with Crippen LogP contribution in [0, 0.1) is 0 Å². The van der Waals surface area contributed by atoms with E-state index in [1.807, 2.05) is 24.3 Å². The van der Waals surface area contributed by atoms with Crippen molar-refractivity contribution in [2.75, 3.05) is 0 Å². The molecular formula is C10H14N4O2. The van der Waals surface area contributed by atoms with E-state index < -0.39 is 12.0 Å². The number of hydrogen-bond donors (Lipinski definition) is 3. The molecule has 0 aromatic heterocycles. The monoisotopic (exact) mass is 222 g/mol. The minimum Gasteiger partial charge on any atom is -0.372 e. The van der Waals surface area contributed by atoms with Gasteiger partial charge < -0.3 is 16.4 Å². The standard InChI is InChI=1S/C10H14N4O2/c11-9(10(15)16-13)5-7-1-3-8(4-2-7)6-14-12/h1-4,6,9H,5,11-13H2/b14-6+. The van der Waals surface area contributed by atoms with Crippen LogP contribution in [-0.2, 0) is 16.1 Å². The number of hydrazone groups is 1. The van der Waals surface area contributed by atoms with Gasteiger partial charge in [-0.3, -0.25) is 0 Å². The number of hydrogen-bond acceptors (Lipinski definition) is 6. The second kappa shape index (κ2) is 5.84. The summed E-state index contributed by atoms with van der Waals surface area (Å²) in [5.41, 5.74) is 7.34. The van der Waals surface area contributed by atoms with Crippen LogP contribution in [0.5, 0.6) is 0 Å². The Morgan fingerprint density at radius 2 is 2.06 bits per heavy atom. The van der Waals surface area contributed by atoms with Crippen LogP contribution in [0.1, 0.15) is 11.1 Å². The van der Waals surface area contributed by atoms with Crippen LogP contribution < -0.4 is 17.5 Å². The molecule has 86 valence electrons. The zero-order valence-corrected chi connectivity index (χ0v) is 8.67. The molecule has 6 N–H and O–H groups in total. The van der Waals surface area contributed by atoms with E-state index in [1.54, 1.807) is 0 Å². The smallest absolute Gasteiger partial charge is 0.341 e. The van der Waals surface area contributed by atoms with Gasteiger partial charge in [-0.1, -0.05) is 24.3 Å². The van der Waals surface area contributed by atoms with Crippen molar-refractivity contribution in [3.05, 3.63) is 35.4 Å². The van der Waals surface area contributed by atoms with Crippen molar-refractivity contribution >= 4 is 12.2 Å². The number of nitrogens with zero attached hydrogens (tertiary/aromatic N) is 1. The molecule has 1 unspecified atom stereocenters. The van der Waals surface area contributed by atoms with Crippen molar-refractivity contribution < 1.29 is 9.63 Å². The van der Waals surface area contributed by atoms with Crippen molar-refractivity contribution in [1.82, 2.24) is 0 Å². The van der Waals surface area contributed by atoms with Gasteiger partial charge >= 0.3 is 5.97 Å². The molecule has 0 saturated heterocycles. The zero-order chi connectivity index (χ0) is 12.0. The average molecular weight is 222 g/mol. The Morgan fingerprint density at radius 1 is 1.44 bits per heavy atom. The first kappa shape index (κ1) is 12.2. The first-order valence-electron chi connectivity index (χ1n) is 4.65. The maximum atomic E-state index is 11.0. The van der Waals surface area contributed by atoms with Crippen LogP contribution in [0.25, 0.3) is 0 Å². The van der Waals surface area contributed by atoms with Gasteiger partial charge in [0.25, 0.3) is 0 Å². The fourth-order valence-corrected chi connectivity index (χ4v) is 1.25. The lowest BCUT2D eigenvalue weighted by molar-refractivity contribution is -0.145. The predicted molar refractivity (Wildman–Crippen MR) is 60.2 cm³/mol. The molecule has 0 heterocycles. The Hall–Kier alpha value is -1.92. The molecule has 0 aliphatic rings. The number of benzene rings is 1. The van der Waals surface area contributed by atoms with Gasteiger partial charge in [0, 0.05) is 0 Å². The highest BCUT2D eigenvalue weighted by molar-refractivity contribution is 5.79. The molecule has 6 heteroatoms. The highest BCUT2D eigenvalue weighted by atomic mass is 16.7. The van der Waals surface area contributed by atoms with E-state index in [0.717, 1.165) is 11.1 Å². The van der Waals surface area contributed by atoms with E-state index in [0.29, 0.717) is 6.42 Å². The van der Waals surface area contributed by atoms with Gasteiger partial charge in [0.15, 0.2) is 0 Å². The Balaban J connectivity index is 2.65. The third-order valence-corrected chi connectivity index (χ3v) is 2.08. The van der Waals surface area contributed by atoms with Crippen molar-refractivity contribution in [2.45, 2.75) is 12.5 Å². The van der Waals surface area contributed by atoms with E-state index in [2.05, 4.69) is 9.94 Å². The molecule has 6 nitrogen and oxygen atoms in total. The summed E-state index contributed by atoms with van der Waals surface area (Å²) in [4.78, 5) is 15.0. The molecule has 1 aromatic carbocycles. The van der Waals surface area contributed by atoms with Crippen molar-refractivity contribution in [2.24, 2.45) is 22.6 Å². The number of nitrogens with two attached hydrogens (primary N) is 3. The minimum absolute atomic E-state index is 0.371. The highest BCUT2D eigenvalue weighted by Crippen LogP contribution is 2.05. The second-order valence-corrected chi connectivity index (χ2v) is 3.27. The molecule has 0 fully saturated rings. The number of rotatable bonds is 4. The lowest BCUT2D eigenvalue weighted by Crippen LogP contribution is -2.35. The molecule has 0 aliphatic carbocycles. The summed E-state index contributed by atoms with van der Waals surface area (Å²) in [6, 6.07) is 6.57. The average Bonchev–Trinajstić information content (AvgIpc) is 2.31. The molecule has 0 aliphatic heterocycles. The van der Waals surface area contributed by atoms with Crippen LogP contribution >= 0.6 is 0 Å². The molecule has 0 radical (unpaired) electrons. The quantitative estimate of drug-likeness (QED) is 0.352. The first-order chi connectivity index (χ1) is 7.67. The second-order valence-electron chi connectivity index (χ2n) is 3.27. The molecule has 1 atom stereocenters. The molecule has 0 spiro atoms. The molecule has 1 aromatic rings. The Labute approximate surface area is 93.0 Å². The topological polar surface area (TPSA) is 117 Å². The fraction of sp³-hybridized carbons (Fsp3) is 0.200. The van der Waals surface area contributed by atoms with Gasteiger partial charge in [-0.15, -0.1) is 0 Å². The van der Waals surface area contributed by atoms with Crippen LogP contribution in [0.3, 0.4) is 0 Å². The number of carbonyl (C=O) groups excluding carboxylic acids is 1. The van der Waals surface area contributed by atoms with E-state index in [4.69, 9.17) is 17.5 Å². The summed E-state index contributed by atoms with van der Waals surface area (Å²) >= 11 is 0. The molecule has 1 rings (SSSR count). The third kappa shape index (κ3) is 3.34. The highest BCUT2D eigenvalue weighted by Gasteiger charge is 2.14. The largest absolute Gasteiger partial charge is 0.372 e. The summed E-state index contributed by atoms with van der Waals surface area (Å²) in [6.45, 7) is 0. The van der Waals surface area contributed by atoms with E-state index in [-0.39, 0.29) is 0 Å². The predicted octanol–water partition coefficient (Wildman–Crippen LogP) is -0.734. The van der Waals surface area contributed by atoms with E-state index >= 15 is 0 Å². The molecule has 0 saturated carbocycles. The Morgan fingerprint density at radius 3 is 2.56 bits per heavy atom. The lowest BCUT2D eigenvalue weighted by Gasteiger charge is -2.08. The maximum absolute atomic E-state index is 11.0. The third-order valence-electron chi connectivity index (χ3n) is 2.08. The summed E-state index contributed by atoms with van der Waals surface area (Å²) in [5, 5.41) is 3.40. The molecule has 16 heavy (non-hydrogen) atoms. The van der Waals surface area contributed by atoms with Gasteiger partial charge in [0.1, 0.15) is 6.04 Å². The van der Waals surface area contributed by atoms with Crippen LogP contribution in [0.15, 0.2) is 29.4 Å². The molecule has 0 amide bonds. The minimum atomic E-state index is -0.751. The Kier molecular flexibility index (Phi) is 4.43. The molecular weight excluding hydrogens is 208 g/mol. The Bertz CT molecular complexity index is 375.